The number of aromatic nitrogens is 2. The molecule has 0 radical (unpaired) electrons. The molecule has 0 spiro atoms. The minimum atomic E-state index is 0.482. The van der Waals surface area contributed by atoms with Gasteiger partial charge in [0.15, 0.2) is 0 Å². The second kappa shape index (κ2) is 6.17. The lowest BCUT2D eigenvalue weighted by atomic mass is 10.2. The first-order valence-electron chi connectivity index (χ1n) is 6.73. The molecule has 1 aromatic heterocycles. The highest BCUT2D eigenvalue weighted by atomic mass is 79.9. The van der Waals surface area contributed by atoms with Crippen LogP contribution in [0.2, 0.25) is 0 Å². The Kier molecular flexibility index (Phi) is 4.81. The molecular weight excluding hydrogens is 294 g/mol. The Bertz CT molecular complexity index is 405. The van der Waals surface area contributed by atoms with Crippen LogP contribution in [0.5, 0.6) is 0 Å². The second-order valence-electron chi connectivity index (χ2n) is 4.77. The van der Waals surface area contributed by atoms with E-state index >= 15 is 0 Å². The van der Waals surface area contributed by atoms with E-state index in [0.29, 0.717) is 6.04 Å². The summed E-state index contributed by atoms with van der Waals surface area (Å²) in [6.07, 6.45) is 0.971. The summed E-state index contributed by atoms with van der Waals surface area (Å²) in [4.78, 5) is 2.47. The van der Waals surface area contributed by atoms with E-state index in [-0.39, 0.29) is 0 Å². The highest BCUT2D eigenvalue weighted by Gasteiger charge is 2.22. The van der Waals surface area contributed by atoms with Gasteiger partial charge in [0.25, 0.3) is 0 Å². The number of hydrogen-bond donors (Lipinski definition) is 0. The summed E-state index contributed by atoms with van der Waals surface area (Å²) in [7, 11) is 0. The van der Waals surface area contributed by atoms with Gasteiger partial charge >= 0.3 is 0 Å². The zero-order valence-electron chi connectivity index (χ0n) is 11.4. The number of nitrogens with zero attached hydrogens (tertiary/aromatic N) is 3. The smallest absolute Gasteiger partial charge is 0.0767 e. The van der Waals surface area contributed by atoms with E-state index in [0.717, 1.165) is 45.0 Å². The Morgan fingerprint density at radius 1 is 1.44 bits per heavy atom. The lowest BCUT2D eigenvalue weighted by Gasteiger charge is -2.33. The van der Waals surface area contributed by atoms with E-state index in [1.807, 2.05) is 0 Å². The summed E-state index contributed by atoms with van der Waals surface area (Å²) in [6, 6.07) is 0.482. The average molecular weight is 316 g/mol. The first-order chi connectivity index (χ1) is 8.67. The zero-order chi connectivity index (χ0) is 13.1. The molecule has 0 aliphatic carbocycles. The van der Waals surface area contributed by atoms with E-state index in [4.69, 9.17) is 4.74 Å². The van der Waals surface area contributed by atoms with Crippen LogP contribution in [0.4, 0.5) is 0 Å². The summed E-state index contributed by atoms with van der Waals surface area (Å²) < 4.78 is 8.79. The van der Waals surface area contributed by atoms with Crippen molar-refractivity contribution in [2.75, 3.05) is 19.8 Å². The van der Waals surface area contributed by atoms with Crippen LogP contribution >= 0.6 is 15.9 Å². The fourth-order valence-electron chi connectivity index (χ4n) is 2.36. The maximum absolute atomic E-state index is 5.49. The number of ether oxygens (including phenoxy) is 1. The molecule has 1 aliphatic heterocycles. The van der Waals surface area contributed by atoms with E-state index < -0.39 is 0 Å². The normalized spacial score (nSPS) is 21.4. The van der Waals surface area contributed by atoms with Crippen LogP contribution in [0.25, 0.3) is 0 Å². The van der Waals surface area contributed by atoms with Gasteiger partial charge in [-0.15, -0.1) is 0 Å². The molecule has 1 unspecified atom stereocenters. The van der Waals surface area contributed by atoms with Gasteiger partial charge in [0.2, 0.25) is 0 Å². The third-order valence-corrected chi connectivity index (χ3v) is 4.47. The van der Waals surface area contributed by atoms with Gasteiger partial charge in [-0.05, 0) is 36.2 Å². The second-order valence-corrected chi connectivity index (χ2v) is 5.56. The molecule has 1 atom stereocenters. The van der Waals surface area contributed by atoms with Gasteiger partial charge < -0.3 is 4.74 Å². The lowest BCUT2D eigenvalue weighted by molar-refractivity contribution is -0.00556. The Hall–Kier alpha value is -0.390. The number of rotatable bonds is 4. The van der Waals surface area contributed by atoms with Crippen LogP contribution in [-0.4, -0.2) is 40.5 Å². The third-order valence-electron chi connectivity index (χ3n) is 3.55. The van der Waals surface area contributed by atoms with E-state index in [9.17, 15) is 0 Å². The first-order valence-corrected chi connectivity index (χ1v) is 7.52. The summed E-state index contributed by atoms with van der Waals surface area (Å²) in [6.45, 7) is 11.1. The van der Waals surface area contributed by atoms with Crippen LogP contribution in [0.3, 0.4) is 0 Å². The minimum absolute atomic E-state index is 0.482. The molecule has 0 aromatic carbocycles. The van der Waals surface area contributed by atoms with E-state index in [1.165, 1.54) is 10.2 Å². The molecule has 1 aromatic rings. The molecule has 2 heterocycles. The topological polar surface area (TPSA) is 30.3 Å². The fourth-order valence-corrected chi connectivity index (χ4v) is 3.05. The van der Waals surface area contributed by atoms with E-state index in [1.54, 1.807) is 0 Å². The van der Waals surface area contributed by atoms with Gasteiger partial charge in [-0.25, -0.2) is 0 Å². The van der Waals surface area contributed by atoms with E-state index in [2.05, 4.69) is 51.4 Å². The van der Waals surface area contributed by atoms with Crippen LogP contribution in [0.1, 0.15) is 32.2 Å². The molecule has 1 saturated heterocycles. The number of hydrogen-bond acceptors (Lipinski definition) is 3. The Morgan fingerprint density at radius 3 is 2.83 bits per heavy atom. The average Bonchev–Trinajstić information content (AvgIpc) is 2.69. The molecule has 1 fully saturated rings. The predicted octanol–water partition coefficient (Wildman–Crippen LogP) is 2.45. The summed E-state index contributed by atoms with van der Waals surface area (Å²) in [5, 5.41) is 4.65. The van der Waals surface area contributed by atoms with Crippen LogP contribution in [0.15, 0.2) is 4.47 Å². The van der Waals surface area contributed by atoms with Crippen molar-refractivity contribution in [2.24, 2.45) is 0 Å². The maximum Gasteiger partial charge on any atom is 0.0767 e. The molecule has 0 N–H and O–H groups in total. The zero-order valence-corrected chi connectivity index (χ0v) is 13.0. The van der Waals surface area contributed by atoms with Gasteiger partial charge in [-0.2, -0.15) is 5.10 Å². The van der Waals surface area contributed by atoms with Gasteiger partial charge in [0, 0.05) is 25.7 Å². The lowest BCUT2D eigenvalue weighted by Crippen LogP contribution is -2.43. The molecule has 1 aliphatic rings. The number of halogens is 1. The third kappa shape index (κ3) is 2.78. The SMILES string of the molecule is CCc1nn(CC)c(CN2CCOCC2C)c1Br. The van der Waals surface area contributed by atoms with Crippen LogP contribution in [-0.2, 0) is 24.2 Å². The number of aryl methyl sites for hydroxylation is 2. The van der Waals surface area contributed by atoms with Crippen molar-refractivity contribution in [1.82, 2.24) is 14.7 Å². The molecule has 18 heavy (non-hydrogen) atoms. The Balaban J connectivity index is 2.19. The first kappa shape index (κ1) is 14.0. The van der Waals surface area contributed by atoms with Crippen molar-refractivity contribution in [2.45, 2.75) is 46.3 Å². The van der Waals surface area contributed by atoms with Crippen LogP contribution < -0.4 is 0 Å². The Labute approximate surface area is 117 Å². The van der Waals surface area contributed by atoms with Gasteiger partial charge in [-0.3, -0.25) is 9.58 Å². The molecule has 0 amide bonds. The van der Waals surface area contributed by atoms with Crippen molar-refractivity contribution in [3.8, 4) is 0 Å². The van der Waals surface area contributed by atoms with Crippen molar-refractivity contribution in [1.29, 1.82) is 0 Å². The summed E-state index contributed by atoms with van der Waals surface area (Å²) in [5.41, 5.74) is 2.45. The summed E-state index contributed by atoms with van der Waals surface area (Å²) in [5.74, 6) is 0. The molecule has 0 bridgehead atoms. The highest BCUT2D eigenvalue weighted by molar-refractivity contribution is 9.10. The fraction of sp³-hybridized carbons (Fsp3) is 0.769. The summed E-state index contributed by atoms with van der Waals surface area (Å²) >= 11 is 3.71. The van der Waals surface area contributed by atoms with Gasteiger partial charge in [-0.1, -0.05) is 6.92 Å². The van der Waals surface area contributed by atoms with Crippen molar-refractivity contribution < 1.29 is 4.74 Å². The molecule has 4 nitrogen and oxygen atoms in total. The molecule has 102 valence electrons. The van der Waals surface area contributed by atoms with Crippen molar-refractivity contribution >= 4 is 15.9 Å². The molecule has 0 saturated carbocycles. The molecule has 5 heteroatoms. The van der Waals surface area contributed by atoms with Gasteiger partial charge in [0.05, 0.1) is 29.1 Å². The number of morpholine rings is 1. The molecular formula is C13H22BrN3O. The predicted molar refractivity (Wildman–Crippen MR) is 75.7 cm³/mol. The van der Waals surface area contributed by atoms with Crippen molar-refractivity contribution in [3.05, 3.63) is 15.9 Å². The van der Waals surface area contributed by atoms with Gasteiger partial charge in [0.1, 0.15) is 0 Å². The van der Waals surface area contributed by atoms with Crippen LogP contribution in [0, 0.1) is 0 Å². The maximum atomic E-state index is 5.49. The monoisotopic (exact) mass is 315 g/mol. The van der Waals surface area contributed by atoms with Crippen molar-refractivity contribution in [3.63, 3.8) is 0 Å². The Morgan fingerprint density at radius 2 is 2.22 bits per heavy atom. The largest absolute Gasteiger partial charge is 0.379 e. The highest BCUT2D eigenvalue weighted by Crippen LogP contribution is 2.24. The quantitative estimate of drug-likeness (QED) is 0.855. The molecule has 2 rings (SSSR count). The standard InChI is InChI=1S/C13H22BrN3O/c1-4-11-13(14)12(17(5-2)15-11)8-16-6-7-18-9-10(16)3/h10H,4-9H2,1-3H3. The minimum Gasteiger partial charge on any atom is -0.379 e.